The maximum Gasteiger partial charge on any atom is 0.258 e. The van der Waals surface area contributed by atoms with Gasteiger partial charge in [0, 0.05) is 18.1 Å². The Kier molecular flexibility index (Phi) is 7.70. The molecule has 32 heavy (non-hydrogen) atoms. The Morgan fingerprint density at radius 3 is 2.12 bits per heavy atom. The van der Waals surface area contributed by atoms with Crippen molar-refractivity contribution >= 4 is 17.7 Å². The van der Waals surface area contributed by atoms with Gasteiger partial charge in [0.15, 0.2) is 18.9 Å². The first kappa shape index (κ1) is 22.7. The summed E-state index contributed by atoms with van der Waals surface area (Å²) in [5.41, 5.74) is 7.68. The van der Waals surface area contributed by atoms with Gasteiger partial charge in [0.1, 0.15) is 17.6 Å². The third-order valence-corrected chi connectivity index (χ3v) is 5.02. The molecular formula is C25H27N4O3+. The molecule has 3 rings (SSSR count). The number of aromatic nitrogens is 1. The molecule has 0 aliphatic rings. The number of nitrogens with one attached hydrogen (secondary N) is 2. The molecule has 3 aromatic rings. The van der Waals surface area contributed by atoms with Crippen molar-refractivity contribution in [2.24, 2.45) is 5.73 Å². The number of nitrogens with zero attached hydrogens (tertiary/aromatic N) is 1. The van der Waals surface area contributed by atoms with Gasteiger partial charge in [-0.1, -0.05) is 60.7 Å². The van der Waals surface area contributed by atoms with Crippen molar-refractivity contribution in [3.05, 3.63) is 102 Å². The average Bonchev–Trinajstić information content (AvgIpc) is 2.80. The van der Waals surface area contributed by atoms with Gasteiger partial charge in [0.2, 0.25) is 11.8 Å². The van der Waals surface area contributed by atoms with Gasteiger partial charge < -0.3 is 16.4 Å². The highest BCUT2D eigenvalue weighted by Gasteiger charge is 2.25. The summed E-state index contributed by atoms with van der Waals surface area (Å²) in [7, 11) is 0. The van der Waals surface area contributed by atoms with E-state index < -0.39 is 23.9 Å². The van der Waals surface area contributed by atoms with Crippen molar-refractivity contribution in [1.82, 2.24) is 10.6 Å². The quantitative estimate of drug-likeness (QED) is 0.446. The second-order valence-corrected chi connectivity index (χ2v) is 7.60. The van der Waals surface area contributed by atoms with Crippen LogP contribution in [0.5, 0.6) is 0 Å². The Balaban J connectivity index is 1.75. The van der Waals surface area contributed by atoms with E-state index in [2.05, 4.69) is 10.6 Å². The van der Waals surface area contributed by atoms with Crippen molar-refractivity contribution in [2.45, 2.75) is 32.0 Å². The number of carbonyl (C=O) groups is 3. The predicted octanol–water partition coefficient (Wildman–Crippen LogP) is 1.35. The Morgan fingerprint density at radius 1 is 0.875 bits per heavy atom. The van der Waals surface area contributed by atoms with Crippen LogP contribution in [0.1, 0.15) is 28.4 Å². The number of primary amides is 1. The lowest BCUT2D eigenvalue weighted by atomic mass is 10.0. The second-order valence-electron chi connectivity index (χ2n) is 7.60. The molecule has 3 amide bonds. The average molecular weight is 432 g/mol. The van der Waals surface area contributed by atoms with E-state index in [-0.39, 0.29) is 12.3 Å². The van der Waals surface area contributed by atoms with Gasteiger partial charge in [-0.2, -0.15) is 4.57 Å². The van der Waals surface area contributed by atoms with Crippen LogP contribution in [0.4, 0.5) is 0 Å². The Bertz CT molecular complexity index is 1070. The predicted molar refractivity (Wildman–Crippen MR) is 120 cm³/mol. The number of carbonyl (C=O) groups excluding carboxylic acids is 3. The van der Waals surface area contributed by atoms with Gasteiger partial charge in [-0.25, -0.2) is 0 Å². The molecule has 0 aliphatic heterocycles. The first-order valence-corrected chi connectivity index (χ1v) is 10.4. The van der Waals surface area contributed by atoms with Crippen LogP contribution in [0.2, 0.25) is 0 Å². The zero-order valence-corrected chi connectivity index (χ0v) is 17.9. The minimum Gasteiger partial charge on any atom is -0.368 e. The van der Waals surface area contributed by atoms with E-state index >= 15 is 0 Å². The monoisotopic (exact) mass is 431 g/mol. The number of hydrogen-bond donors (Lipinski definition) is 3. The normalized spacial score (nSPS) is 12.4. The molecule has 7 nitrogen and oxygen atoms in total. The summed E-state index contributed by atoms with van der Waals surface area (Å²) >= 11 is 0. The summed E-state index contributed by atoms with van der Waals surface area (Å²) in [4.78, 5) is 37.1. The molecule has 4 N–H and O–H groups in total. The van der Waals surface area contributed by atoms with E-state index in [1.54, 1.807) is 18.3 Å². The van der Waals surface area contributed by atoms with Gasteiger partial charge in [-0.15, -0.1) is 0 Å². The molecule has 0 spiro atoms. The summed E-state index contributed by atoms with van der Waals surface area (Å²) in [6.07, 6.45) is 3.90. The van der Waals surface area contributed by atoms with Gasteiger partial charge in [0.05, 0.1) is 0 Å². The van der Waals surface area contributed by atoms with E-state index in [0.717, 1.165) is 11.1 Å². The van der Waals surface area contributed by atoms with E-state index in [1.165, 1.54) is 6.92 Å². The lowest BCUT2D eigenvalue weighted by Crippen LogP contribution is -2.53. The van der Waals surface area contributed by atoms with Crippen LogP contribution >= 0.6 is 0 Å². The summed E-state index contributed by atoms with van der Waals surface area (Å²) in [6.45, 7) is 2.12. The van der Waals surface area contributed by atoms with Crippen LogP contribution in [0.15, 0.2) is 85.2 Å². The lowest BCUT2D eigenvalue weighted by Gasteiger charge is -2.20. The largest absolute Gasteiger partial charge is 0.368 e. The fourth-order valence-corrected chi connectivity index (χ4v) is 3.23. The first-order chi connectivity index (χ1) is 15.4. The summed E-state index contributed by atoms with van der Waals surface area (Å²) in [6, 6.07) is 21.0. The molecule has 2 atom stereocenters. The van der Waals surface area contributed by atoms with Crippen molar-refractivity contribution in [3.8, 4) is 0 Å². The van der Waals surface area contributed by atoms with Crippen LogP contribution in [-0.2, 0) is 22.6 Å². The van der Waals surface area contributed by atoms with Crippen molar-refractivity contribution in [2.75, 3.05) is 0 Å². The molecule has 1 heterocycles. The summed E-state index contributed by atoms with van der Waals surface area (Å²) < 4.78 is 1.91. The van der Waals surface area contributed by atoms with E-state index in [4.69, 9.17) is 5.73 Å². The summed E-state index contributed by atoms with van der Waals surface area (Å²) in [5, 5.41) is 5.37. The van der Waals surface area contributed by atoms with Crippen LogP contribution < -0.4 is 20.9 Å². The van der Waals surface area contributed by atoms with Crippen LogP contribution in [0, 0.1) is 0 Å². The zero-order valence-electron chi connectivity index (χ0n) is 17.9. The van der Waals surface area contributed by atoms with Crippen molar-refractivity contribution in [1.29, 1.82) is 0 Å². The molecule has 0 aliphatic carbocycles. The minimum absolute atomic E-state index is 0.279. The molecular weight excluding hydrogens is 404 g/mol. The number of amides is 3. The second kappa shape index (κ2) is 10.9. The van der Waals surface area contributed by atoms with E-state index in [0.29, 0.717) is 12.1 Å². The van der Waals surface area contributed by atoms with E-state index in [1.807, 2.05) is 71.4 Å². The number of rotatable bonds is 9. The molecule has 0 unspecified atom stereocenters. The molecule has 0 saturated heterocycles. The molecule has 164 valence electrons. The molecule has 0 radical (unpaired) electrons. The standard InChI is InChI=1S/C25H26N4O3/c1-18(23(26)30)27-25(32)22(15-19-9-4-2-5-10-19)28-24(31)21-13-8-14-29(17-21)16-20-11-6-3-7-12-20/h2-14,17-18,22H,15-16H2,1H3,(H3-,26,27,28,30,31,32)/p+1/t18-,22-/m0/s1. The fraction of sp³-hybridized carbons (Fsp3) is 0.200. The molecule has 0 saturated carbocycles. The smallest absolute Gasteiger partial charge is 0.258 e. The summed E-state index contributed by atoms with van der Waals surface area (Å²) in [5.74, 6) is -1.50. The third-order valence-electron chi connectivity index (χ3n) is 5.02. The van der Waals surface area contributed by atoms with Crippen molar-refractivity contribution in [3.63, 3.8) is 0 Å². The van der Waals surface area contributed by atoms with Crippen molar-refractivity contribution < 1.29 is 19.0 Å². The highest BCUT2D eigenvalue weighted by Crippen LogP contribution is 2.06. The Labute approximate surface area is 187 Å². The number of benzene rings is 2. The van der Waals surface area contributed by atoms with Gasteiger partial charge in [-0.05, 0) is 18.6 Å². The maximum atomic E-state index is 13.0. The van der Waals surface area contributed by atoms with Gasteiger partial charge >= 0.3 is 0 Å². The molecule has 7 heteroatoms. The van der Waals surface area contributed by atoms with Crippen LogP contribution in [0.25, 0.3) is 0 Å². The first-order valence-electron chi connectivity index (χ1n) is 10.4. The van der Waals surface area contributed by atoms with E-state index in [9.17, 15) is 14.4 Å². The minimum atomic E-state index is -0.866. The molecule has 1 aromatic heterocycles. The topological polar surface area (TPSA) is 105 Å². The zero-order chi connectivity index (χ0) is 22.9. The highest BCUT2D eigenvalue weighted by atomic mass is 16.2. The van der Waals surface area contributed by atoms with Gasteiger partial charge in [0.25, 0.3) is 5.91 Å². The third kappa shape index (κ3) is 6.50. The SMILES string of the molecule is C[C@H](NC(=O)[C@H](Cc1ccccc1)NC(=O)c1ccc[n+](Cc2ccccc2)c1)C(N)=O. The highest BCUT2D eigenvalue weighted by molar-refractivity contribution is 5.98. The Hall–Kier alpha value is -4.00. The molecule has 0 bridgehead atoms. The molecule has 0 fully saturated rings. The van der Waals surface area contributed by atoms with Crippen LogP contribution in [0.3, 0.4) is 0 Å². The maximum absolute atomic E-state index is 13.0. The number of pyridine rings is 1. The van der Waals surface area contributed by atoms with Gasteiger partial charge in [-0.3, -0.25) is 14.4 Å². The number of nitrogens with two attached hydrogens (primary N) is 1. The fourth-order valence-electron chi connectivity index (χ4n) is 3.23. The number of hydrogen-bond acceptors (Lipinski definition) is 3. The lowest BCUT2D eigenvalue weighted by molar-refractivity contribution is -0.688. The van der Waals surface area contributed by atoms with Crippen LogP contribution in [-0.4, -0.2) is 29.8 Å². The molecule has 2 aromatic carbocycles. The Morgan fingerprint density at radius 2 is 1.50 bits per heavy atom.